The number of fused-ring (bicyclic) bond motifs is 4. The molecular weight excluding hydrogens is 736 g/mol. The van der Waals surface area contributed by atoms with Crippen molar-refractivity contribution in [3.8, 4) is 11.4 Å². The number of hydrogen-bond donors (Lipinski definition) is 4. The molecule has 296 valence electrons. The Morgan fingerprint density at radius 2 is 0.914 bits per heavy atom. The fraction of sp³-hybridized carbons (Fsp3) is 0.265. The summed E-state index contributed by atoms with van der Waals surface area (Å²) in [5.41, 5.74) is 31.4. The smallest absolute Gasteiger partial charge is 0.242 e. The molecule has 2 aromatic heterocycles. The quantitative estimate of drug-likeness (QED) is 0.0378. The van der Waals surface area contributed by atoms with Gasteiger partial charge >= 0.3 is 0 Å². The first-order valence-electron chi connectivity index (χ1n) is 20.5. The predicted molar refractivity (Wildman–Crippen MR) is 246 cm³/mol. The molecule has 0 saturated carbocycles. The second-order valence-electron chi connectivity index (χ2n) is 15.6. The van der Waals surface area contributed by atoms with Gasteiger partial charge in [0.2, 0.25) is 33.4 Å². The number of aryl methyl sites for hydroxylation is 4. The molecule has 58 heavy (non-hydrogen) atoms. The normalized spacial score (nSPS) is 11.4. The van der Waals surface area contributed by atoms with Crippen molar-refractivity contribution in [2.75, 3.05) is 35.2 Å². The second-order valence-corrected chi connectivity index (χ2v) is 15.6. The van der Waals surface area contributed by atoms with Crippen LogP contribution in [0.1, 0.15) is 67.2 Å². The van der Waals surface area contributed by atoms with Crippen molar-refractivity contribution in [2.24, 2.45) is 0 Å². The Kier molecular flexibility index (Phi) is 12.2. The average molecular weight is 791 g/mol. The number of para-hydroxylation sites is 2. The van der Waals surface area contributed by atoms with Gasteiger partial charge in [0.05, 0.1) is 0 Å². The van der Waals surface area contributed by atoms with Crippen molar-refractivity contribution in [2.45, 2.75) is 72.6 Å². The van der Waals surface area contributed by atoms with E-state index in [-0.39, 0.29) is 12.4 Å². The molecule has 0 aliphatic rings. The lowest BCUT2D eigenvalue weighted by Crippen LogP contribution is -2.34. The summed E-state index contributed by atoms with van der Waals surface area (Å²) >= 11 is 0. The van der Waals surface area contributed by atoms with E-state index in [4.69, 9.17) is 21.4 Å². The number of aromatic nitrogens is 4. The summed E-state index contributed by atoms with van der Waals surface area (Å²) in [7, 11) is 0. The van der Waals surface area contributed by atoms with Crippen LogP contribution < -0.4 is 31.2 Å². The topological polar surface area (TPSA) is 110 Å². The minimum atomic E-state index is 0. The molecule has 0 spiro atoms. The highest BCUT2D eigenvalue weighted by molar-refractivity contribution is 5.89. The summed E-state index contributed by atoms with van der Waals surface area (Å²) in [6, 6.07) is 38.1. The van der Waals surface area contributed by atoms with Gasteiger partial charge in [-0.2, -0.15) is 0 Å². The number of benzene rings is 6. The molecule has 2 heterocycles. The number of nitrogens with zero attached hydrogens (tertiary/aromatic N) is 4. The minimum Gasteiger partial charge on any atom is -0.398 e. The summed E-state index contributed by atoms with van der Waals surface area (Å²) in [6.07, 6.45) is 8.50. The third-order valence-corrected chi connectivity index (χ3v) is 11.4. The molecular formula is C49H55ClN8+2. The van der Waals surface area contributed by atoms with Crippen molar-refractivity contribution in [3.05, 3.63) is 131 Å². The van der Waals surface area contributed by atoms with Crippen molar-refractivity contribution < 1.29 is 9.13 Å². The van der Waals surface area contributed by atoms with Gasteiger partial charge in [-0.15, -0.1) is 21.5 Å². The van der Waals surface area contributed by atoms with E-state index in [1.807, 2.05) is 13.8 Å². The average Bonchev–Trinajstić information content (AvgIpc) is 3.21. The Morgan fingerprint density at radius 1 is 0.466 bits per heavy atom. The Morgan fingerprint density at radius 3 is 1.48 bits per heavy atom. The highest BCUT2D eigenvalue weighted by atomic mass is 35.5. The maximum Gasteiger partial charge on any atom is 0.242 e. The highest BCUT2D eigenvalue weighted by Gasteiger charge is 2.24. The number of unbranched alkanes of at least 4 members (excludes halogenated alkanes) is 6. The molecule has 0 fully saturated rings. The third kappa shape index (κ3) is 8.20. The summed E-state index contributed by atoms with van der Waals surface area (Å²) in [5.74, 6) is 0. The monoisotopic (exact) mass is 790 g/mol. The molecule has 0 saturated heterocycles. The van der Waals surface area contributed by atoms with Crippen LogP contribution in [0.3, 0.4) is 0 Å². The SMILES string of the molecule is Cc1cc2nc3cc(C)c(NCCCCCCCCCNc4ccc5nc6cc(C)c(N)cc6[n+](-c6ccccc6)c5c4C)cc3[n+](-c3ccccc3)c2cc1N.Cl. The van der Waals surface area contributed by atoms with E-state index in [2.05, 4.69) is 143 Å². The van der Waals surface area contributed by atoms with Crippen LogP contribution in [0.5, 0.6) is 0 Å². The van der Waals surface area contributed by atoms with Crippen LogP contribution in [0, 0.1) is 27.7 Å². The van der Waals surface area contributed by atoms with Crippen LogP contribution in [0.15, 0.2) is 109 Å². The van der Waals surface area contributed by atoms with Gasteiger partial charge in [-0.25, -0.2) is 9.97 Å². The molecule has 0 aliphatic carbocycles. The number of hydrogen-bond acceptors (Lipinski definition) is 6. The van der Waals surface area contributed by atoms with Gasteiger partial charge < -0.3 is 22.1 Å². The van der Waals surface area contributed by atoms with Crippen molar-refractivity contribution in [1.82, 2.24) is 9.97 Å². The Labute approximate surface area is 347 Å². The van der Waals surface area contributed by atoms with Crippen LogP contribution >= 0.6 is 12.4 Å². The van der Waals surface area contributed by atoms with Crippen molar-refractivity contribution in [1.29, 1.82) is 0 Å². The number of nitrogen functional groups attached to an aromatic ring is 2. The number of rotatable bonds is 14. The van der Waals surface area contributed by atoms with E-state index in [9.17, 15) is 0 Å². The summed E-state index contributed by atoms with van der Waals surface area (Å²) < 4.78 is 4.60. The maximum atomic E-state index is 6.41. The van der Waals surface area contributed by atoms with E-state index >= 15 is 0 Å². The van der Waals surface area contributed by atoms with E-state index < -0.39 is 0 Å². The van der Waals surface area contributed by atoms with Gasteiger partial charge in [0.15, 0.2) is 0 Å². The lowest BCUT2D eigenvalue weighted by atomic mass is 10.1. The molecule has 0 atom stereocenters. The van der Waals surface area contributed by atoms with Crippen LogP contribution in [-0.4, -0.2) is 23.1 Å². The molecule has 0 amide bonds. The van der Waals surface area contributed by atoms with E-state index in [0.29, 0.717) is 0 Å². The third-order valence-electron chi connectivity index (χ3n) is 11.4. The molecule has 0 bridgehead atoms. The van der Waals surface area contributed by atoms with Gasteiger partial charge in [0.25, 0.3) is 0 Å². The minimum absolute atomic E-state index is 0. The standard InChI is InChI=1S/C49H52N8.ClH/c1-32-26-43-46(29-38(32)50)56(36-18-12-10-13-19-36)48-31-42(34(3)28-45(48)55-43)53-25-17-9-7-5-6-8-16-24-52-40-22-23-41-49(35(40)4)57(37-20-14-11-15-21-37)47-30-39(51)33(2)27-44(47)54-41;/h10-15,18-23,26-31H,5-9,16-17,24-25H2,1-4H3,(H4,50,51,52,53);1H/p+2. The van der Waals surface area contributed by atoms with E-state index in [1.165, 1.54) is 43.2 Å². The highest BCUT2D eigenvalue weighted by Crippen LogP contribution is 2.29. The Bertz CT molecular complexity index is 2710. The zero-order valence-electron chi connectivity index (χ0n) is 34.1. The fourth-order valence-electron chi connectivity index (χ4n) is 8.11. The molecule has 6 N–H and O–H groups in total. The molecule has 0 aliphatic heterocycles. The number of nitrogens with one attached hydrogen (secondary N) is 2. The van der Waals surface area contributed by atoms with Crippen LogP contribution in [0.25, 0.3) is 55.5 Å². The molecule has 8 nitrogen and oxygen atoms in total. The first kappa shape index (κ1) is 40.2. The largest absolute Gasteiger partial charge is 0.398 e. The van der Waals surface area contributed by atoms with Crippen LogP contribution in [0.4, 0.5) is 22.7 Å². The van der Waals surface area contributed by atoms with Crippen molar-refractivity contribution in [3.63, 3.8) is 0 Å². The number of nitrogens with two attached hydrogens (primary N) is 2. The van der Waals surface area contributed by atoms with Crippen molar-refractivity contribution >= 4 is 79.3 Å². The lowest BCUT2D eigenvalue weighted by Gasteiger charge is -2.13. The summed E-state index contributed by atoms with van der Waals surface area (Å²) in [6.45, 7) is 10.3. The van der Waals surface area contributed by atoms with E-state index in [0.717, 1.165) is 115 Å². The van der Waals surface area contributed by atoms with Gasteiger partial charge in [-0.1, -0.05) is 68.5 Å². The first-order valence-corrected chi connectivity index (χ1v) is 20.5. The van der Waals surface area contributed by atoms with E-state index in [1.54, 1.807) is 0 Å². The molecule has 0 unspecified atom stereocenters. The predicted octanol–water partition coefficient (Wildman–Crippen LogP) is 10.7. The summed E-state index contributed by atoms with van der Waals surface area (Å²) in [4.78, 5) is 10.1. The Balaban J connectivity index is 0.00000512. The molecule has 6 aromatic carbocycles. The lowest BCUT2D eigenvalue weighted by molar-refractivity contribution is -0.538. The summed E-state index contributed by atoms with van der Waals surface area (Å²) in [5, 5.41) is 7.49. The Hall–Kier alpha value is -5.99. The maximum absolute atomic E-state index is 6.41. The van der Waals surface area contributed by atoms with Gasteiger partial charge in [0.1, 0.15) is 22.1 Å². The van der Waals surface area contributed by atoms with Gasteiger partial charge in [-0.05, 0) is 87.6 Å². The van der Waals surface area contributed by atoms with Crippen LogP contribution in [-0.2, 0) is 0 Å². The molecule has 8 aromatic rings. The fourth-order valence-corrected chi connectivity index (χ4v) is 8.11. The van der Waals surface area contributed by atoms with Gasteiger partial charge in [0, 0.05) is 83.9 Å². The van der Waals surface area contributed by atoms with Crippen LogP contribution in [0.2, 0.25) is 0 Å². The zero-order chi connectivity index (χ0) is 39.5. The van der Waals surface area contributed by atoms with Gasteiger partial charge in [-0.3, -0.25) is 0 Å². The molecule has 8 rings (SSSR count). The second kappa shape index (κ2) is 17.7. The molecule has 9 heteroatoms. The number of halogens is 1. The first-order chi connectivity index (χ1) is 27.8. The number of anilines is 4. The molecule has 0 radical (unpaired) electrons. The zero-order valence-corrected chi connectivity index (χ0v) is 34.9.